The van der Waals surface area contributed by atoms with Gasteiger partial charge in [0.1, 0.15) is 0 Å². The molecule has 0 atom stereocenters. The maximum Gasteiger partial charge on any atom is 0.363 e. The molecule has 0 saturated heterocycles. The van der Waals surface area contributed by atoms with E-state index in [-0.39, 0.29) is 12.1 Å². The second-order valence-electron chi connectivity index (χ2n) is 3.15. The first-order valence-corrected chi connectivity index (χ1v) is 6.83. The normalized spacial score (nSPS) is 11.6. The number of unbranched alkanes of at least 4 members (excludes halogenated alkanes) is 1. The Morgan fingerprint density at radius 2 is 1.93 bits per heavy atom. The number of primary amides is 1. The fourth-order valence-electron chi connectivity index (χ4n) is 1.19. The van der Waals surface area contributed by atoms with E-state index in [1.54, 1.807) is 14.2 Å². The van der Waals surface area contributed by atoms with Crippen molar-refractivity contribution in [3.8, 4) is 0 Å². The number of rotatable bonds is 8. The maximum atomic E-state index is 10.5. The molecule has 6 heteroatoms. The minimum Gasteiger partial charge on any atom is -0.396 e. The number of carbonyl (C=O) groups is 1. The van der Waals surface area contributed by atoms with Gasteiger partial charge in [-0.1, -0.05) is 6.42 Å². The van der Waals surface area contributed by atoms with Gasteiger partial charge in [0.15, 0.2) is 0 Å². The third-order valence-corrected chi connectivity index (χ3v) is 5.30. The van der Waals surface area contributed by atoms with Crippen LogP contribution in [0.4, 0.5) is 0 Å². The monoisotopic (exact) mass is 221 g/mol. The van der Waals surface area contributed by atoms with Crippen LogP contribution < -0.4 is 5.73 Å². The molecular formula is C8H19NO4Si. The summed E-state index contributed by atoms with van der Waals surface area (Å²) in [5, 5.41) is 9.11. The summed E-state index contributed by atoms with van der Waals surface area (Å²) < 4.78 is 10.4. The molecule has 84 valence electrons. The number of carbonyl (C=O) groups excluding carboxylic acids is 1. The Labute approximate surface area is 85.4 Å². The summed E-state index contributed by atoms with van der Waals surface area (Å²) in [7, 11) is 0.697. The predicted octanol–water partition coefficient (Wildman–Crippen LogP) is -0.0915. The van der Waals surface area contributed by atoms with Crippen molar-refractivity contribution < 1.29 is 18.8 Å². The SMILES string of the molecule is CO[Si](CO)(CCCCC(N)=O)OC. The third-order valence-electron chi connectivity index (χ3n) is 2.22. The van der Waals surface area contributed by atoms with E-state index in [0.29, 0.717) is 12.5 Å². The van der Waals surface area contributed by atoms with Gasteiger partial charge in [0.2, 0.25) is 5.91 Å². The van der Waals surface area contributed by atoms with Crippen LogP contribution in [0.25, 0.3) is 0 Å². The summed E-state index contributed by atoms with van der Waals surface area (Å²) in [6.07, 6.45) is 1.83. The zero-order chi connectivity index (χ0) is 11.0. The standard InChI is InChI=1S/C8H19NO4Si/c1-12-14(7-10,13-2)6-4-3-5-8(9)11/h10H,3-7H2,1-2H3,(H2,9,11). The van der Waals surface area contributed by atoms with Gasteiger partial charge in [-0.05, 0) is 12.5 Å². The Hall–Kier alpha value is -0.433. The van der Waals surface area contributed by atoms with Gasteiger partial charge in [-0.2, -0.15) is 0 Å². The van der Waals surface area contributed by atoms with Crippen LogP contribution in [0.1, 0.15) is 19.3 Å². The molecule has 0 heterocycles. The molecule has 14 heavy (non-hydrogen) atoms. The highest BCUT2D eigenvalue weighted by Crippen LogP contribution is 2.15. The Bertz CT molecular complexity index is 164. The van der Waals surface area contributed by atoms with Crippen molar-refractivity contribution in [3.05, 3.63) is 0 Å². The quantitative estimate of drug-likeness (QED) is 0.443. The van der Waals surface area contributed by atoms with E-state index in [1.165, 1.54) is 0 Å². The van der Waals surface area contributed by atoms with E-state index in [4.69, 9.17) is 19.7 Å². The van der Waals surface area contributed by atoms with Gasteiger partial charge in [0, 0.05) is 20.6 Å². The van der Waals surface area contributed by atoms with Crippen LogP contribution >= 0.6 is 0 Å². The van der Waals surface area contributed by atoms with E-state index >= 15 is 0 Å². The Morgan fingerprint density at radius 3 is 2.29 bits per heavy atom. The molecule has 0 spiro atoms. The largest absolute Gasteiger partial charge is 0.396 e. The van der Waals surface area contributed by atoms with Crippen LogP contribution in [-0.4, -0.2) is 40.0 Å². The summed E-state index contributed by atoms with van der Waals surface area (Å²) in [5.74, 6) is -0.295. The average Bonchev–Trinajstić information content (AvgIpc) is 2.19. The van der Waals surface area contributed by atoms with Gasteiger partial charge < -0.3 is 19.7 Å². The first kappa shape index (κ1) is 13.6. The smallest absolute Gasteiger partial charge is 0.363 e. The highest BCUT2D eigenvalue weighted by Gasteiger charge is 2.33. The minimum absolute atomic E-state index is 0.0590. The Balaban J connectivity index is 3.77. The van der Waals surface area contributed by atoms with Crippen molar-refractivity contribution in [1.29, 1.82) is 0 Å². The van der Waals surface area contributed by atoms with Crippen molar-refractivity contribution >= 4 is 14.5 Å². The molecule has 5 nitrogen and oxygen atoms in total. The van der Waals surface area contributed by atoms with Crippen LogP contribution in [0.15, 0.2) is 0 Å². The summed E-state index contributed by atoms with van der Waals surface area (Å²) in [5.41, 5.74) is 5.00. The lowest BCUT2D eigenvalue weighted by Gasteiger charge is -2.24. The maximum absolute atomic E-state index is 10.5. The van der Waals surface area contributed by atoms with Crippen molar-refractivity contribution in [3.63, 3.8) is 0 Å². The number of aliphatic hydroxyl groups is 1. The minimum atomic E-state index is -2.39. The summed E-state index contributed by atoms with van der Waals surface area (Å²) in [6.45, 7) is 0. The van der Waals surface area contributed by atoms with Crippen LogP contribution in [0, 0.1) is 0 Å². The van der Waals surface area contributed by atoms with Gasteiger partial charge in [-0.15, -0.1) is 0 Å². The Kier molecular flexibility index (Phi) is 6.72. The van der Waals surface area contributed by atoms with E-state index in [0.717, 1.165) is 12.8 Å². The van der Waals surface area contributed by atoms with Gasteiger partial charge in [0.05, 0.1) is 6.23 Å². The predicted molar refractivity (Wildman–Crippen MR) is 54.7 cm³/mol. The van der Waals surface area contributed by atoms with Crippen LogP contribution in [-0.2, 0) is 13.6 Å². The molecule has 3 N–H and O–H groups in total. The molecule has 0 radical (unpaired) electrons. The highest BCUT2D eigenvalue weighted by atomic mass is 28.4. The third kappa shape index (κ3) is 4.71. The lowest BCUT2D eigenvalue weighted by atomic mass is 10.2. The van der Waals surface area contributed by atoms with Crippen molar-refractivity contribution in [2.45, 2.75) is 25.3 Å². The molecule has 0 aliphatic rings. The zero-order valence-electron chi connectivity index (χ0n) is 8.78. The molecule has 1 amide bonds. The van der Waals surface area contributed by atoms with E-state index < -0.39 is 8.56 Å². The summed E-state index contributed by atoms with van der Waals surface area (Å²) in [4.78, 5) is 10.5. The summed E-state index contributed by atoms with van der Waals surface area (Å²) in [6, 6.07) is 0.684. The van der Waals surface area contributed by atoms with Crippen LogP contribution in [0.2, 0.25) is 6.04 Å². The molecular weight excluding hydrogens is 202 g/mol. The number of nitrogens with two attached hydrogens (primary N) is 1. The first-order valence-electron chi connectivity index (χ1n) is 4.59. The molecule has 0 aliphatic heterocycles. The van der Waals surface area contributed by atoms with E-state index in [2.05, 4.69) is 0 Å². The fraction of sp³-hybridized carbons (Fsp3) is 0.875. The molecule has 0 rings (SSSR count). The number of hydrogen-bond donors (Lipinski definition) is 2. The summed E-state index contributed by atoms with van der Waals surface area (Å²) >= 11 is 0. The molecule has 0 unspecified atom stereocenters. The van der Waals surface area contributed by atoms with Crippen molar-refractivity contribution in [2.75, 3.05) is 20.4 Å². The van der Waals surface area contributed by atoms with Crippen molar-refractivity contribution in [2.24, 2.45) is 5.73 Å². The van der Waals surface area contributed by atoms with E-state index in [1.807, 2.05) is 0 Å². The highest BCUT2D eigenvalue weighted by molar-refractivity contribution is 6.67. The number of amides is 1. The molecule has 0 saturated carbocycles. The second-order valence-corrected chi connectivity index (χ2v) is 6.60. The Morgan fingerprint density at radius 1 is 1.36 bits per heavy atom. The van der Waals surface area contributed by atoms with Gasteiger partial charge >= 0.3 is 8.56 Å². The van der Waals surface area contributed by atoms with Gasteiger partial charge in [-0.3, -0.25) is 4.79 Å². The lowest BCUT2D eigenvalue weighted by Crippen LogP contribution is -2.44. The average molecular weight is 221 g/mol. The van der Waals surface area contributed by atoms with Gasteiger partial charge in [-0.25, -0.2) is 0 Å². The number of aliphatic hydroxyl groups excluding tert-OH is 1. The molecule has 0 aromatic carbocycles. The van der Waals surface area contributed by atoms with Crippen molar-refractivity contribution in [1.82, 2.24) is 0 Å². The topological polar surface area (TPSA) is 81.8 Å². The second kappa shape index (κ2) is 6.94. The van der Waals surface area contributed by atoms with Crippen LogP contribution in [0.3, 0.4) is 0 Å². The molecule has 0 bridgehead atoms. The molecule has 0 aromatic heterocycles. The lowest BCUT2D eigenvalue weighted by molar-refractivity contribution is -0.118. The van der Waals surface area contributed by atoms with Gasteiger partial charge in [0.25, 0.3) is 0 Å². The molecule has 0 aromatic rings. The molecule has 0 aliphatic carbocycles. The number of hydrogen-bond acceptors (Lipinski definition) is 4. The van der Waals surface area contributed by atoms with E-state index in [9.17, 15) is 4.79 Å². The van der Waals surface area contributed by atoms with Crippen LogP contribution in [0.5, 0.6) is 0 Å². The molecule has 0 fully saturated rings. The fourth-order valence-corrected chi connectivity index (χ4v) is 2.97. The zero-order valence-corrected chi connectivity index (χ0v) is 9.78. The first-order chi connectivity index (χ1) is 6.60.